The Balaban J connectivity index is 1.56. The predicted octanol–water partition coefficient (Wildman–Crippen LogP) is 5.59. The van der Waals surface area contributed by atoms with E-state index in [0.29, 0.717) is 4.77 Å². The number of aromatic nitrogens is 4. The van der Waals surface area contributed by atoms with Crippen molar-refractivity contribution in [3.8, 4) is 5.69 Å². The first-order chi connectivity index (χ1) is 13.7. The molecule has 5 aromatic rings. The summed E-state index contributed by atoms with van der Waals surface area (Å²) in [5, 5.41) is 10.0. The number of hydrogen-bond acceptors (Lipinski definition) is 2. The molecule has 0 saturated heterocycles. The summed E-state index contributed by atoms with van der Waals surface area (Å²) in [6, 6.07) is 25.5. The van der Waals surface area contributed by atoms with Gasteiger partial charge >= 0.3 is 0 Å². The molecule has 0 aliphatic heterocycles. The van der Waals surface area contributed by atoms with Crippen LogP contribution in [0.4, 0.5) is 0 Å². The van der Waals surface area contributed by atoms with Crippen LogP contribution in [0.5, 0.6) is 0 Å². The summed E-state index contributed by atoms with van der Waals surface area (Å²) in [5.74, 6) is 0.940. The van der Waals surface area contributed by atoms with Crippen LogP contribution < -0.4 is 0 Å². The fourth-order valence-electron chi connectivity index (χ4n) is 3.91. The van der Waals surface area contributed by atoms with Gasteiger partial charge in [-0.25, -0.2) is 0 Å². The summed E-state index contributed by atoms with van der Waals surface area (Å²) in [6.45, 7) is 2.92. The van der Waals surface area contributed by atoms with Crippen molar-refractivity contribution in [2.45, 2.75) is 19.9 Å². The Kier molecular flexibility index (Phi) is 4.10. The normalized spacial score (nSPS) is 11.5. The molecule has 4 nitrogen and oxygen atoms in total. The molecule has 5 heteroatoms. The Morgan fingerprint density at radius 1 is 0.857 bits per heavy atom. The van der Waals surface area contributed by atoms with Gasteiger partial charge in [0.1, 0.15) is 5.82 Å². The molecule has 5 rings (SSSR count). The van der Waals surface area contributed by atoms with Gasteiger partial charge in [-0.1, -0.05) is 54.1 Å². The maximum Gasteiger partial charge on any atom is 0.199 e. The second-order valence-electron chi connectivity index (χ2n) is 7.05. The van der Waals surface area contributed by atoms with Gasteiger partial charge in [0.2, 0.25) is 0 Å². The zero-order chi connectivity index (χ0) is 19.1. The molecule has 138 valence electrons. The summed E-state index contributed by atoms with van der Waals surface area (Å²) in [5.41, 5.74) is 4.77. The molecule has 2 heterocycles. The molecular weight excluding hydrogens is 364 g/mol. The van der Waals surface area contributed by atoms with Crippen LogP contribution in [-0.4, -0.2) is 19.3 Å². The standard InChI is InChI=1S/C23H20N4S/c1-16-10-12-17(13-11-16)27-22(24-25-23(27)28)14-15-26-20-8-4-2-6-18(20)19-7-3-5-9-21(19)26/h2-13H,14-15H2,1H3,(H,25,28). The quantitative estimate of drug-likeness (QED) is 0.410. The third-order valence-electron chi connectivity index (χ3n) is 5.27. The Bertz CT molecular complexity index is 1290. The average molecular weight is 385 g/mol. The van der Waals surface area contributed by atoms with Crippen LogP contribution >= 0.6 is 12.2 Å². The van der Waals surface area contributed by atoms with Crippen molar-refractivity contribution in [3.63, 3.8) is 0 Å². The average Bonchev–Trinajstić information content (AvgIpc) is 3.25. The van der Waals surface area contributed by atoms with E-state index in [0.717, 1.165) is 24.5 Å². The van der Waals surface area contributed by atoms with Crippen molar-refractivity contribution >= 4 is 34.0 Å². The van der Waals surface area contributed by atoms with Gasteiger partial charge in [0.25, 0.3) is 0 Å². The van der Waals surface area contributed by atoms with Gasteiger partial charge in [-0.3, -0.25) is 9.67 Å². The molecule has 0 saturated carbocycles. The molecule has 0 spiro atoms. The van der Waals surface area contributed by atoms with Crippen LogP contribution in [-0.2, 0) is 13.0 Å². The van der Waals surface area contributed by atoms with Gasteiger partial charge in [-0.05, 0) is 43.4 Å². The third-order valence-corrected chi connectivity index (χ3v) is 5.55. The number of nitrogens with one attached hydrogen (secondary N) is 1. The molecule has 0 atom stereocenters. The van der Waals surface area contributed by atoms with Crippen LogP contribution in [0.1, 0.15) is 11.4 Å². The maximum absolute atomic E-state index is 5.49. The van der Waals surface area contributed by atoms with Crippen molar-refractivity contribution in [2.24, 2.45) is 0 Å². The van der Waals surface area contributed by atoms with Crippen LogP contribution in [0.25, 0.3) is 27.5 Å². The van der Waals surface area contributed by atoms with E-state index in [-0.39, 0.29) is 0 Å². The predicted molar refractivity (Wildman–Crippen MR) is 117 cm³/mol. The number of benzene rings is 3. The van der Waals surface area contributed by atoms with Crippen LogP contribution in [0.3, 0.4) is 0 Å². The van der Waals surface area contributed by atoms with Gasteiger partial charge in [-0.15, -0.1) is 0 Å². The van der Waals surface area contributed by atoms with Crippen molar-refractivity contribution in [1.82, 2.24) is 19.3 Å². The fourth-order valence-corrected chi connectivity index (χ4v) is 4.17. The highest BCUT2D eigenvalue weighted by molar-refractivity contribution is 7.71. The minimum absolute atomic E-state index is 0.626. The number of para-hydroxylation sites is 2. The van der Waals surface area contributed by atoms with E-state index in [1.807, 2.05) is 4.57 Å². The first kappa shape index (κ1) is 17.0. The SMILES string of the molecule is Cc1ccc(-n2c(CCn3c4ccccc4c4ccccc43)n[nH]c2=S)cc1. The number of rotatable bonds is 4. The molecule has 0 fully saturated rings. The van der Waals surface area contributed by atoms with E-state index in [1.54, 1.807) is 0 Å². The first-order valence-corrected chi connectivity index (χ1v) is 9.82. The largest absolute Gasteiger partial charge is 0.340 e. The van der Waals surface area contributed by atoms with Crippen LogP contribution in [0.15, 0.2) is 72.8 Å². The Morgan fingerprint density at radius 2 is 1.46 bits per heavy atom. The highest BCUT2D eigenvalue weighted by Gasteiger charge is 2.12. The molecule has 2 aromatic heterocycles. The number of aromatic amines is 1. The molecule has 0 radical (unpaired) electrons. The molecule has 0 amide bonds. The number of nitrogens with zero attached hydrogens (tertiary/aromatic N) is 3. The smallest absolute Gasteiger partial charge is 0.199 e. The molecule has 0 aliphatic carbocycles. The van der Waals surface area contributed by atoms with Crippen molar-refractivity contribution in [3.05, 3.63) is 89.0 Å². The Hall–Kier alpha value is -3.18. The molecule has 0 aliphatic rings. The van der Waals surface area contributed by atoms with Crippen molar-refractivity contribution < 1.29 is 0 Å². The highest BCUT2D eigenvalue weighted by Crippen LogP contribution is 2.29. The minimum atomic E-state index is 0.626. The van der Waals surface area contributed by atoms with Crippen molar-refractivity contribution in [1.29, 1.82) is 0 Å². The topological polar surface area (TPSA) is 38.5 Å². The lowest BCUT2D eigenvalue weighted by Crippen LogP contribution is -2.07. The monoisotopic (exact) mass is 384 g/mol. The zero-order valence-electron chi connectivity index (χ0n) is 15.6. The number of fused-ring (bicyclic) bond motifs is 3. The molecule has 0 unspecified atom stereocenters. The summed E-state index contributed by atoms with van der Waals surface area (Å²) >= 11 is 5.49. The van der Waals surface area contributed by atoms with Crippen LogP contribution in [0, 0.1) is 11.7 Å². The number of aryl methyl sites for hydroxylation is 3. The lowest BCUT2D eigenvalue weighted by Gasteiger charge is -2.10. The number of hydrogen-bond donors (Lipinski definition) is 1. The minimum Gasteiger partial charge on any atom is -0.340 e. The van der Waals surface area contributed by atoms with Gasteiger partial charge in [0.05, 0.1) is 0 Å². The molecule has 1 N–H and O–H groups in total. The zero-order valence-corrected chi connectivity index (χ0v) is 16.4. The summed E-state index contributed by atoms with van der Waals surface area (Å²) < 4.78 is 5.03. The Morgan fingerprint density at radius 3 is 2.11 bits per heavy atom. The van der Waals surface area contributed by atoms with Crippen LogP contribution in [0.2, 0.25) is 0 Å². The molecular formula is C23H20N4S. The van der Waals surface area contributed by atoms with Gasteiger partial charge < -0.3 is 4.57 Å². The second-order valence-corrected chi connectivity index (χ2v) is 7.44. The summed E-state index contributed by atoms with van der Waals surface area (Å²) in [4.78, 5) is 0. The summed E-state index contributed by atoms with van der Waals surface area (Å²) in [7, 11) is 0. The van der Waals surface area contributed by atoms with E-state index < -0.39 is 0 Å². The van der Waals surface area contributed by atoms with E-state index in [2.05, 4.69) is 94.5 Å². The summed E-state index contributed by atoms with van der Waals surface area (Å²) in [6.07, 6.45) is 0.781. The lowest BCUT2D eigenvalue weighted by molar-refractivity contribution is 0.697. The molecule has 28 heavy (non-hydrogen) atoms. The van der Waals surface area contributed by atoms with E-state index in [1.165, 1.54) is 27.4 Å². The lowest BCUT2D eigenvalue weighted by atomic mass is 10.2. The first-order valence-electron chi connectivity index (χ1n) is 9.42. The van der Waals surface area contributed by atoms with E-state index >= 15 is 0 Å². The fraction of sp³-hybridized carbons (Fsp3) is 0.130. The van der Waals surface area contributed by atoms with E-state index in [4.69, 9.17) is 12.2 Å². The van der Waals surface area contributed by atoms with E-state index in [9.17, 15) is 0 Å². The third kappa shape index (κ3) is 2.75. The second kappa shape index (κ2) is 6.77. The number of H-pyrrole nitrogens is 1. The highest BCUT2D eigenvalue weighted by atomic mass is 32.1. The van der Waals surface area contributed by atoms with Gasteiger partial charge in [-0.2, -0.15) is 5.10 Å². The Labute approximate surface area is 168 Å². The van der Waals surface area contributed by atoms with Gasteiger partial charge in [0.15, 0.2) is 4.77 Å². The molecule has 0 bridgehead atoms. The van der Waals surface area contributed by atoms with Gasteiger partial charge in [0, 0.05) is 40.5 Å². The maximum atomic E-state index is 5.49. The molecule has 3 aromatic carbocycles. The van der Waals surface area contributed by atoms with Crippen molar-refractivity contribution in [2.75, 3.05) is 0 Å².